The Morgan fingerprint density at radius 3 is 2.88 bits per heavy atom. The molecule has 2 aliphatic rings. The van der Waals surface area contributed by atoms with Crippen molar-refractivity contribution in [3.63, 3.8) is 0 Å². The van der Waals surface area contributed by atoms with E-state index >= 15 is 0 Å². The van der Waals surface area contributed by atoms with Crippen LogP contribution in [-0.2, 0) is 20.9 Å². The first-order valence-corrected chi connectivity index (χ1v) is 8.50. The molecule has 0 saturated heterocycles. The standard InChI is InChI=1S/C17H20N4O4/c1-25-16(23)14-10-5-6-11(8-10)15(14)18-13(22)9-21-17(24)20-7-3-2-4-12(20)19-21/h2-4,7,10-11,14-15H,5-6,8-9H2,1H3,(H,18,22)/t10-,11-,14-,15+/m0/s1. The largest absolute Gasteiger partial charge is 0.469 e. The van der Waals surface area contributed by atoms with E-state index in [0.717, 1.165) is 23.9 Å². The number of nitrogens with one attached hydrogen (secondary N) is 1. The van der Waals surface area contributed by atoms with Gasteiger partial charge in [0.15, 0.2) is 5.65 Å². The molecule has 2 saturated carbocycles. The number of rotatable bonds is 4. The Hall–Kier alpha value is -2.64. The molecule has 0 aliphatic heterocycles. The van der Waals surface area contributed by atoms with Gasteiger partial charge in [-0.3, -0.25) is 14.0 Å². The lowest BCUT2D eigenvalue weighted by Gasteiger charge is -2.29. The van der Waals surface area contributed by atoms with E-state index in [-0.39, 0.29) is 42.0 Å². The Bertz CT molecular complexity index is 886. The molecular formula is C17H20N4O4. The molecule has 2 aliphatic carbocycles. The minimum absolute atomic E-state index is 0.164. The Kier molecular flexibility index (Phi) is 3.82. The van der Waals surface area contributed by atoms with E-state index in [1.54, 1.807) is 24.4 Å². The smallest absolute Gasteiger partial charge is 0.350 e. The molecule has 1 amide bonds. The second kappa shape index (κ2) is 6.02. The van der Waals surface area contributed by atoms with Crippen molar-refractivity contribution >= 4 is 17.5 Å². The molecule has 1 N–H and O–H groups in total. The molecule has 0 unspecified atom stereocenters. The predicted octanol–water partition coefficient (Wildman–Crippen LogP) is 0.200. The summed E-state index contributed by atoms with van der Waals surface area (Å²) in [5.41, 5.74) is 0.135. The van der Waals surface area contributed by atoms with E-state index in [0.29, 0.717) is 11.6 Å². The fraction of sp³-hybridized carbons (Fsp3) is 0.529. The quantitative estimate of drug-likeness (QED) is 0.800. The lowest BCUT2D eigenvalue weighted by atomic mass is 9.84. The van der Waals surface area contributed by atoms with Crippen LogP contribution in [0.5, 0.6) is 0 Å². The second-order valence-corrected chi connectivity index (χ2v) is 6.84. The molecule has 0 radical (unpaired) electrons. The highest BCUT2D eigenvalue weighted by Crippen LogP contribution is 2.48. The zero-order chi connectivity index (χ0) is 17.6. The van der Waals surface area contributed by atoms with Gasteiger partial charge >= 0.3 is 11.7 Å². The topological polar surface area (TPSA) is 94.7 Å². The molecule has 25 heavy (non-hydrogen) atoms. The summed E-state index contributed by atoms with van der Waals surface area (Å²) in [5.74, 6) is -0.277. The molecule has 8 nitrogen and oxygen atoms in total. The lowest BCUT2D eigenvalue weighted by Crippen LogP contribution is -2.48. The zero-order valence-electron chi connectivity index (χ0n) is 13.9. The van der Waals surface area contributed by atoms with Gasteiger partial charge in [0, 0.05) is 12.2 Å². The molecule has 2 aromatic heterocycles. The average Bonchev–Trinajstić information content (AvgIpc) is 3.29. The number of ether oxygens (including phenoxy) is 1. The van der Waals surface area contributed by atoms with Gasteiger partial charge in [0.1, 0.15) is 6.54 Å². The first kappa shape index (κ1) is 15.9. The molecule has 2 bridgehead atoms. The number of fused-ring (bicyclic) bond motifs is 3. The van der Waals surface area contributed by atoms with Gasteiger partial charge in [-0.1, -0.05) is 6.07 Å². The van der Waals surface area contributed by atoms with Crippen molar-refractivity contribution in [3.8, 4) is 0 Å². The van der Waals surface area contributed by atoms with E-state index in [1.165, 1.54) is 11.5 Å². The third-order valence-electron chi connectivity index (χ3n) is 5.50. The van der Waals surface area contributed by atoms with E-state index in [4.69, 9.17) is 4.74 Å². The predicted molar refractivity (Wildman–Crippen MR) is 87.7 cm³/mol. The Morgan fingerprint density at radius 1 is 1.32 bits per heavy atom. The number of aromatic nitrogens is 3. The Balaban J connectivity index is 1.50. The van der Waals surface area contributed by atoms with Crippen molar-refractivity contribution in [1.29, 1.82) is 0 Å². The number of hydrogen-bond donors (Lipinski definition) is 1. The summed E-state index contributed by atoms with van der Waals surface area (Å²) in [6.07, 6.45) is 4.57. The van der Waals surface area contributed by atoms with Gasteiger partial charge in [0.25, 0.3) is 0 Å². The van der Waals surface area contributed by atoms with Crippen molar-refractivity contribution in [2.45, 2.75) is 31.8 Å². The van der Waals surface area contributed by atoms with E-state index in [2.05, 4.69) is 10.4 Å². The van der Waals surface area contributed by atoms with Crippen LogP contribution in [0.15, 0.2) is 29.2 Å². The SMILES string of the molecule is COC(=O)[C@H]1[C@H]2CC[C@@H](C2)[C@H]1NC(=O)Cn1nc2ccccn2c1=O. The number of amides is 1. The molecule has 8 heteroatoms. The molecule has 2 fully saturated rings. The van der Waals surface area contributed by atoms with Crippen LogP contribution in [0.3, 0.4) is 0 Å². The van der Waals surface area contributed by atoms with E-state index < -0.39 is 0 Å². The number of pyridine rings is 1. The maximum atomic E-state index is 12.5. The molecule has 132 valence electrons. The summed E-state index contributed by atoms with van der Waals surface area (Å²) in [6.45, 7) is -0.164. The monoisotopic (exact) mass is 344 g/mol. The van der Waals surface area contributed by atoms with Crippen LogP contribution in [0.25, 0.3) is 5.65 Å². The first-order valence-electron chi connectivity index (χ1n) is 8.50. The van der Waals surface area contributed by atoms with Crippen molar-refractivity contribution in [1.82, 2.24) is 19.5 Å². The average molecular weight is 344 g/mol. The molecule has 4 rings (SSSR count). The van der Waals surface area contributed by atoms with Gasteiger partial charge in [-0.05, 0) is 43.2 Å². The highest BCUT2D eigenvalue weighted by atomic mass is 16.5. The maximum Gasteiger partial charge on any atom is 0.350 e. The molecule has 2 heterocycles. The van der Waals surface area contributed by atoms with Crippen molar-refractivity contribution in [3.05, 3.63) is 34.9 Å². The third kappa shape index (κ3) is 2.61. The van der Waals surface area contributed by atoms with E-state index in [1.807, 2.05) is 0 Å². The summed E-state index contributed by atoms with van der Waals surface area (Å²) in [7, 11) is 1.38. The minimum Gasteiger partial charge on any atom is -0.469 e. The van der Waals surface area contributed by atoms with Crippen LogP contribution < -0.4 is 11.0 Å². The second-order valence-electron chi connectivity index (χ2n) is 6.84. The molecule has 2 aromatic rings. The number of methoxy groups -OCH3 is 1. The van der Waals surface area contributed by atoms with Crippen LogP contribution in [0.1, 0.15) is 19.3 Å². The van der Waals surface area contributed by atoms with Gasteiger partial charge in [-0.25, -0.2) is 9.48 Å². The number of esters is 1. The fourth-order valence-corrected chi connectivity index (χ4v) is 4.41. The number of carbonyl (C=O) groups is 2. The zero-order valence-corrected chi connectivity index (χ0v) is 13.9. The summed E-state index contributed by atoms with van der Waals surface area (Å²) < 4.78 is 7.45. The van der Waals surface area contributed by atoms with Crippen molar-refractivity contribution in [2.75, 3.05) is 7.11 Å². The number of carbonyl (C=O) groups excluding carboxylic acids is 2. The number of hydrogen-bond acceptors (Lipinski definition) is 5. The molecule has 0 spiro atoms. The maximum absolute atomic E-state index is 12.5. The lowest BCUT2D eigenvalue weighted by molar-refractivity contribution is -0.148. The first-order chi connectivity index (χ1) is 12.1. The minimum atomic E-state index is -0.358. The van der Waals surface area contributed by atoms with Gasteiger partial charge in [-0.2, -0.15) is 0 Å². The van der Waals surface area contributed by atoms with Gasteiger partial charge < -0.3 is 10.1 Å². The van der Waals surface area contributed by atoms with Gasteiger partial charge in [-0.15, -0.1) is 5.10 Å². The van der Waals surface area contributed by atoms with Crippen LogP contribution in [0.2, 0.25) is 0 Å². The van der Waals surface area contributed by atoms with E-state index in [9.17, 15) is 14.4 Å². The summed E-state index contributed by atoms with van der Waals surface area (Å²) in [6, 6.07) is 5.00. The van der Waals surface area contributed by atoms with Gasteiger partial charge in [0.2, 0.25) is 5.91 Å². The number of nitrogens with zero attached hydrogens (tertiary/aromatic N) is 3. The summed E-state index contributed by atoms with van der Waals surface area (Å²) >= 11 is 0. The summed E-state index contributed by atoms with van der Waals surface area (Å²) in [4.78, 5) is 36.8. The van der Waals surface area contributed by atoms with Crippen molar-refractivity contribution in [2.24, 2.45) is 17.8 Å². The highest BCUT2D eigenvalue weighted by molar-refractivity contribution is 5.79. The normalized spacial score (nSPS) is 27.6. The van der Waals surface area contributed by atoms with Crippen LogP contribution in [0.4, 0.5) is 0 Å². The van der Waals surface area contributed by atoms with Crippen LogP contribution >= 0.6 is 0 Å². The Labute approximate surface area is 143 Å². The fourth-order valence-electron chi connectivity index (χ4n) is 4.41. The van der Waals surface area contributed by atoms with Gasteiger partial charge in [0.05, 0.1) is 13.0 Å². The third-order valence-corrected chi connectivity index (χ3v) is 5.50. The summed E-state index contributed by atoms with van der Waals surface area (Å²) in [5, 5.41) is 7.11. The highest BCUT2D eigenvalue weighted by Gasteiger charge is 2.51. The molecule has 0 aromatic carbocycles. The Morgan fingerprint density at radius 2 is 2.12 bits per heavy atom. The molecule has 4 atom stereocenters. The van der Waals surface area contributed by atoms with Crippen molar-refractivity contribution < 1.29 is 14.3 Å². The van der Waals surface area contributed by atoms with Crippen LogP contribution in [-0.4, -0.2) is 39.2 Å². The van der Waals surface area contributed by atoms with Crippen LogP contribution in [0, 0.1) is 17.8 Å². The molecular weight excluding hydrogens is 324 g/mol.